The zero-order valence-electron chi connectivity index (χ0n) is 17.6. The summed E-state index contributed by atoms with van der Waals surface area (Å²) in [5, 5.41) is 2.22. The number of methoxy groups -OCH3 is 1. The van der Waals surface area contributed by atoms with E-state index in [0.717, 1.165) is 28.6 Å². The van der Waals surface area contributed by atoms with Gasteiger partial charge in [0.2, 0.25) is 5.91 Å². The van der Waals surface area contributed by atoms with Crippen molar-refractivity contribution in [1.82, 2.24) is 4.90 Å². The molecular weight excluding hydrogens is 416 g/mol. The van der Waals surface area contributed by atoms with Crippen molar-refractivity contribution in [3.8, 4) is 11.5 Å². The second-order valence-corrected chi connectivity index (χ2v) is 7.67. The first kappa shape index (κ1) is 22.4. The molecule has 7 nitrogen and oxygen atoms in total. The quantitative estimate of drug-likeness (QED) is 0.615. The van der Waals surface area contributed by atoms with Crippen LogP contribution in [0.3, 0.4) is 0 Å². The SMILES string of the molecule is CCOc1c(/C=C2/SC(=O)N(CC(=O)Nc3ccc(CC)cc3)C2=O)cccc1OC. The number of ether oxygens (including phenoxy) is 2. The molecule has 1 saturated heterocycles. The minimum atomic E-state index is -0.517. The molecule has 1 aliphatic heterocycles. The number of rotatable bonds is 8. The Morgan fingerprint density at radius 3 is 2.52 bits per heavy atom. The molecule has 0 aromatic heterocycles. The Labute approximate surface area is 185 Å². The number of aryl methyl sites for hydroxylation is 1. The van der Waals surface area contributed by atoms with Crippen LogP contribution in [0.1, 0.15) is 25.0 Å². The predicted molar refractivity (Wildman–Crippen MR) is 121 cm³/mol. The Morgan fingerprint density at radius 2 is 1.87 bits per heavy atom. The molecule has 0 aliphatic carbocycles. The second-order valence-electron chi connectivity index (χ2n) is 6.68. The van der Waals surface area contributed by atoms with Gasteiger partial charge in [0.15, 0.2) is 11.5 Å². The van der Waals surface area contributed by atoms with Gasteiger partial charge in [-0.25, -0.2) is 0 Å². The number of hydrogen-bond donors (Lipinski definition) is 1. The zero-order valence-corrected chi connectivity index (χ0v) is 18.5. The fourth-order valence-corrected chi connectivity index (χ4v) is 3.88. The third kappa shape index (κ3) is 5.27. The summed E-state index contributed by atoms with van der Waals surface area (Å²) in [6.45, 7) is 3.96. The number of imide groups is 1. The molecule has 3 rings (SSSR count). The van der Waals surface area contributed by atoms with E-state index in [2.05, 4.69) is 5.32 Å². The van der Waals surface area contributed by atoms with Crippen molar-refractivity contribution in [3.05, 3.63) is 58.5 Å². The standard InChI is InChI=1S/C23H24N2O5S/c1-4-15-9-11-17(12-10-15)24-20(26)14-25-22(27)19(31-23(25)28)13-16-7-6-8-18(29-3)21(16)30-5-2/h6-13H,4-5,14H2,1-3H3,(H,24,26)/b19-13+. The van der Waals surface area contributed by atoms with Crippen LogP contribution in [0, 0.1) is 0 Å². The first-order valence-electron chi connectivity index (χ1n) is 9.90. The number of para-hydroxylation sites is 1. The summed E-state index contributed by atoms with van der Waals surface area (Å²) >= 11 is 0.792. The molecule has 0 bridgehead atoms. The van der Waals surface area contributed by atoms with E-state index in [1.807, 2.05) is 26.0 Å². The van der Waals surface area contributed by atoms with Gasteiger partial charge in [0, 0.05) is 11.3 Å². The zero-order chi connectivity index (χ0) is 22.4. The number of carbonyl (C=O) groups excluding carboxylic acids is 3. The highest BCUT2D eigenvalue weighted by atomic mass is 32.2. The molecule has 0 unspecified atom stereocenters. The fraction of sp³-hybridized carbons (Fsp3) is 0.261. The number of benzene rings is 2. The highest BCUT2D eigenvalue weighted by Gasteiger charge is 2.36. The van der Waals surface area contributed by atoms with Gasteiger partial charge in [0.1, 0.15) is 6.54 Å². The van der Waals surface area contributed by atoms with Crippen molar-refractivity contribution in [1.29, 1.82) is 0 Å². The molecule has 1 aliphatic rings. The third-order valence-electron chi connectivity index (χ3n) is 4.63. The van der Waals surface area contributed by atoms with Gasteiger partial charge < -0.3 is 14.8 Å². The third-order valence-corrected chi connectivity index (χ3v) is 5.53. The molecule has 0 radical (unpaired) electrons. The van der Waals surface area contributed by atoms with E-state index in [0.29, 0.717) is 29.4 Å². The van der Waals surface area contributed by atoms with Crippen LogP contribution in [0.5, 0.6) is 11.5 Å². The number of carbonyl (C=O) groups is 3. The number of amides is 3. The molecule has 0 atom stereocenters. The summed E-state index contributed by atoms with van der Waals surface area (Å²) in [5.74, 6) is 0.0665. The molecule has 2 aromatic rings. The summed E-state index contributed by atoms with van der Waals surface area (Å²) in [7, 11) is 1.53. The van der Waals surface area contributed by atoms with Gasteiger partial charge in [0.25, 0.3) is 11.1 Å². The highest BCUT2D eigenvalue weighted by Crippen LogP contribution is 2.37. The Morgan fingerprint density at radius 1 is 1.13 bits per heavy atom. The van der Waals surface area contributed by atoms with Crippen LogP contribution in [-0.4, -0.2) is 42.2 Å². The lowest BCUT2D eigenvalue weighted by atomic mass is 10.1. The van der Waals surface area contributed by atoms with E-state index in [9.17, 15) is 14.4 Å². The van der Waals surface area contributed by atoms with Crippen LogP contribution >= 0.6 is 11.8 Å². The van der Waals surface area contributed by atoms with Gasteiger partial charge >= 0.3 is 0 Å². The number of thioether (sulfide) groups is 1. The maximum atomic E-state index is 12.8. The second kappa shape index (κ2) is 10.2. The van der Waals surface area contributed by atoms with Gasteiger partial charge in [-0.05, 0) is 54.9 Å². The number of nitrogens with one attached hydrogen (secondary N) is 1. The van der Waals surface area contributed by atoms with Crippen molar-refractivity contribution in [2.75, 3.05) is 25.6 Å². The first-order chi connectivity index (χ1) is 15.0. The summed E-state index contributed by atoms with van der Waals surface area (Å²) < 4.78 is 11.0. The molecule has 0 spiro atoms. The van der Waals surface area contributed by atoms with Crippen LogP contribution in [0.2, 0.25) is 0 Å². The molecule has 0 saturated carbocycles. The lowest BCUT2D eigenvalue weighted by molar-refractivity contribution is -0.127. The van der Waals surface area contributed by atoms with E-state index in [1.165, 1.54) is 7.11 Å². The molecule has 31 heavy (non-hydrogen) atoms. The molecule has 1 heterocycles. The Bertz CT molecular complexity index is 1020. The normalized spacial score (nSPS) is 14.8. The average Bonchev–Trinajstić information content (AvgIpc) is 3.02. The number of nitrogens with zero attached hydrogens (tertiary/aromatic N) is 1. The Balaban J connectivity index is 1.74. The number of anilines is 1. The lowest BCUT2D eigenvalue weighted by Crippen LogP contribution is -2.36. The minimum absolute atomic E-state index is 0.222. The van der Waals surface area contributed by atoms with Crippen LogP contribution in [0.4, 0.5) is 10.5 Å². The summed E-state index contributed by atoms with van der Waals surface area (Å²) in [5.41, 5.74) is 2.38. The van der Waals surface area contributed by atoms with E-state index in [4.69, 9.17) is 9.47 Å². The minimum Gasteiger partial charge on any atom is -0.493 e. The monoisotopic (exact) mass is 440 g/mol. The van der Waals surface area contributed by atoms with Crippen LogP contribution in [-0.2, 0) is 16.0 Å². The smallest absolute Gasteiger partial charge is 0.294 e. The van der Waals surface area contributed by atoms with Crippen molar-refractivity contribution in [2.45, 2.75) is 20.3 Å². The van der Waals surface area contributed by atoms with Crippen LogP contribution < -0.4 is 14.8 Å². The van der Waals surface area contributed by atoms with E-state index < -0.39 is 17.1 Å². The van der Waals surface area contributed by atoms with Crippen LogP contribution in [0.25, 0.3) is 6.08 Å². The van der Waals surface area contributed by atoms with Crippen molar-refractivity contribution < 1.29 is 23.9 Å². The molecule has 1 N–H and O–H groups in total. The van der Waals surface area contributed by atoms with E-state index in [-0.39, 0.29) is 11.4 Å². The van der Waals surface area contributed by atoms with Crippen molar-refractivity contribution in [2.24, 2.45) is 0 Å². The molecular formula is C23H24N2O5S. The summed E-state index contributed by atoms with van der Waals surface area (Å²) in [6, 6.07) is 12.7. The van der Waals surface area contributed by atoms with Gasteiger partial charge in [-0.1, -0.05) is 31.2 Å². The maximum absolute atomic E-state index is 12.8. The molecule has 8 heteroatoms. The number of hydrogen-bond acceptors (Lipinski definition) is 6. The predicted octanol–water partition coefficient (Wildman–Crippen LogP) is 4.33. The lowest BCUT2D eigenvalue weighted by Gasteiger charge is -2.13. The molecule has 3 amide bonds. The first-order valence-corrected chi connectivity index (χ1v) is 10.7. The summed E-state index contributed by atoms with van der Waals surface area (Å²) in [4.78, 5) is 38.7. The fourth-order valence-electron chi connectivity index (χ4n) is 3.05. The Hall–Kier alpha value is -3.26. The van der Waals surface area contributed by atoms with Gasteiger partial charge in [-0.15, -0.1) is 0 Å². The largest absolute Gasteiger partial charge is 0.493 e. The highest BCUT2D eigenvalue weighted by molar-refractivity contribution is 8.18. The van der Waals surface area contributed by atoms with Gasteiger partial charge in [-0.3, -0.25) is 19.3 Å². The summed E-state index contributed by atoms with van der Waals surface area (Å²) in [6.07, 6.45) is 2.48. The van der Waals surface area contributed by atoms with Crippen molar-refractivity contribution in [3.63, 3.8) is 0 Å². The maximum Gasteiger partial charge on any atom is 0.294 e. The Kier molecular flexibility index (Phi) is 7.36. The van der Waals surface area contributed by atoms with Gasteiger partial charge in [0.05, 0.1) is 18.6 Å². The van der Waals surface area contributed by atoms with E-state index >= 15 is 0 Å². The van der Waals surface area contributed by atoms with Gasteiger partial charge in [-0.2, -0.15) is 0 Å². The average molecular weight is 441 g/mol. The molecule has 1 fully saturated rings. The van der Waals surface area contributed by atoms with E-state index in [1.54, 1.807) is 36.4 Å². The topological polar surface area (TPSA) is 84.9 Å². The van der Waals surface area contributed by atoms with Crippen LogP contribution in [0.15, 0.2) is 47.4 Å². The molecule has 162 valence electrons. The van der Waals surface area contributed by atoms with Crippen molar-refractivity contribution >= 4 is 40.6 Å². The molecule has 2 aromatic carbocycles.